The number of aromatic amines is 3. The number of nitrogens with zero attached hydrogens (tertiary/aromatic N) is 2. The Morgan fingerprint density at radius 2 is 1.54 bits per heavy atom. The fourth-order valence-corrected chi connectivity index (χ4v) is 3.82. The number of amides is 2. The van der Waals surface area contributed by atoms with Gasteiger partial charge >= 0.3 is 5.97 Å². The van der Waals surface area contributed by atoms with Crippen molar-refractivity contribution in [2.75, 3.05) is 0 Å². The molecule has 0 fully saturated rings. The van der Waals surface area contributed by atoms with Crippen LogP contribution in [0, 0.1) is 0 Å². The lowest BCUT2D eigenvalue weighted by molar-refractivity contribution is -0.142. The van der Waals surface area contributed by atoms with Gasteiger partial charge in [0.2, 0.25) is 11.8 Å². The van der Waals surface area contributed by atoms with Crippen LogP contribution >= 0.6 is 0 Å². The van der Waals surface area contributed by atoms with Crippen LogP contribution in [0.4, 0.5) is 0 Å². The fraction of sp³-hybridized carbons (Fsp3) is 0.261. The predicted octanol–water partition coefficient (Wildman–Crippen LogP) is 0.0235. The van der Waals surface area contributed by atoms with Crippen molar-refractivity contribution < 1.29 is 19.5 Å². The summed E-state index contributed by atoms with van der Waals surface area (Å²) in [5.74, 6) is -2.39. The zero-order chi connectivity index (χ0) is 24.8. The largest absolute Gasteiger partial charge is 0.480 e. The van der Waals surface area contributed by atoms with Crippen LogP contribution in [0.1, 0.15) is 17.0 Å². The van der Waals surface area contributed by atoms with Crippen LogP contribution in [0.3, 0.4) is 0 Å². The lowest BCUT2D eigenvalue weighted by atomic mass is 10.0. The molecule has 0 aliphatic heterocycles. The number of hydrogen-bond donors (Lipinski definition) is 7. The Kier molecular flexibility index (Phi) is 7.21. The third kappa shape index (κ3) is 5.92. The number of imidazole rings is 2. The van der Waals surface area contributed by atoms with Crippen LogP contribution in [0.5, 0.6) is 0 Å². The number of aromatic nitrogens is 5. The van der Waals surface area contributed by atoms with E-state index in [1.807, 2.05) is 24.3 Å². The first-order valence-corrected chi connectivity index (χ1v) is 11.0. The summed E-state index contributed by atoms with van der Waals surface area (Å²) in [4.78, 5) is 54.6. The Balaban J connectivity index is 1.47. The van der Waals surface area contributed by atoms with Crippen molar-refractivity contribution >= 4 is 28.7 Å². The first kappa shape index (κ1) is 23.7. The molecule has 0 saturated heterocycles. The minimum atomic E-state index is -1.21. The molecule has 2 amide bonds. The maximum Gasteiger partial charge on any atom is 0.326 e. The number of carboxylic acid groups (broad SMARTS) is 1. The second-order valence-electron chi connectivity index (χ2n) is 8.19. The number of para-hydroxylation sites is 1. The van der Waals surface area contributed by atoms with Gasteiger partial charge in [-0.1, -0.05) is 18.2 Å². The molecule has 12 nitrogen and oxygen atoms in total. The summed E-state index contributed by atoms with van der Waals surface area (Å²) in [7, 11) is 0. The molecular weight excluding hydrogens is 452 g/mol. The molecule has 4 rings (SSSR count). The molecule has 4 aromatic rings. The molecule has 12 heteroatoms. The number of carbonyl (C=O) groups excluding carboxylic acids is 2. The van der Waals surface area contributed by atoms with E-state index in [9.17, 15) is 19.5 Å². The van der Waals surface area contributed by atoms with E-state index in [0.717, 1.165) is 16.5 Å². The van der Waals surface area contributed by atoms with Crippen LogP contribution in [0.2, 0.25) is 0 Å². The predicted molar refractivity (Wildman–Crippen MR) is 126 cm³/mol. The van der Waals surface area contributed by atoms with E-state index >= 15 is 0 Å². The Morgan fingerprint density at radius 3 is 2.20 bits per heavy atom. The van der Waals surface area contributed by atoms with Gasteiger partial charge in [-0.05, 0) is 11.6 Å². The molecule has 1 aromatic carbocycles. The molecule has 8 N–H and O–H groups in total. The van der Waals surface area contributed by atoms with E-state index < -0.39 is 35.9 Å². The number of fused-ring (bicyclic) bond motifs is 1. The van der Waals surface area contributed by atoms with Gasteiger partial charge in [0.1, 0.15) is 12.1 Å². The van der Waals surface area contributed by atoms with Gasteiger partial charge in [-0.2, -0.15) is 0 Å². The van der Waals surface area contributed by atoms with Crippen molar-refractivity contribution in [2.45, 2.75) is 37.4 Å². The highest BCUT2D eigenvalue weighted by Crippen LogP contribution is 2.19. The van der Waals surface area contributed by atoms with E-state index in [0.29, 0.717) is 11.4 Å². The first-order valence-electron chi connectivity index (χ1n) is 11.0. The van der Waals surface area contributed by atoms with E-state index in [-0.39, 0.29) is 19.3 Å². The number of aliphatic carboxylic acids is 1. The third-order valence-corrected chi connectivity index (χ3v) is 5.66. The van der Waals surface area contributed by atoms with Gasteiger partial charge in [0.05, 0.1) is 18.7 Å². The second kappa shape index (κ2) is 10.7. The van der Waals surface area contributed by atoms with E-state index in [1.165, 1.54) is 18.9 Å². The van der Waals surface area contributed by atoms with Crippen LogP contribution in [0.25, 0.3) is 10.9 Å². The number of benzene rings is 1. The lowest BCUT2D eigenvalue weighted by Crippen LogP contribution is -2.56. The molecule has 3 heterocycles. The summed E-state index contributed by atoms with van der Waals surface area (Å²) in [6, 6.07) is 4.28. The monoisotopic (exact) mass is 478 g/mol. The Hall–Kier alpha value is -4.45. The zero-order valence-corrected chi connectivity index (χ0v) is 18.7. The van der Waals surface area contributed by atoms with Crippen LogP contribution in [0.15, 0.2) is 55.5 Å². The quantitative estimate of drug-likeness (QED) is 0.158. The standard InChI is InChI=1S/C23H26N8O4/c24-17(6-14-9-25-11-28-14)21(32)30-19(7-15-10-26-12-29-15)22(33)31-20(23(34)35)5-13-8-27-18-4-2-1-3-16(13)18/h1-4,8-12,17,19-20,27H,5-7,24H2,(H,25,28)(H,26,29)(H,30,32)(H,31,33)(H,34,35)/t17-,19-,20-/m0/s1. The molecule has 0 aliphatic rings. The molecule has 0 spiro atoms. The number of rotatable bonds is 11. The number of nitrogens with two attached hydrogens (primary N) is 1. The van der Waals surface area contributed by atoms with Gasteiger partial charge in [-0.15, -0.1) is 0 Å². The summed E-state index contributed by atoms with van der Waals surface area (Å²) in [5.41, 5.74) is 8.90. The minimum absolute atomic E-state index is 0.0646. The molecule has 182 valence electrons. The lowest BCUT2D eigenvalue weighted by Gasteiger charge is -2.22. The Labute approximate surface area is 199 Å². The zero-order valence-electron chi connectivity index (χ0n) is 18.7. The number of carboxylic acids is 1. The average Bonchev–Trinajstić information content (AvgIpc) is 3.61. The normalized spacial score (nSPS) is 13.7. The van der Waals surface area contributed by atoms with Gasteiger partial charge in [-0.3, -0.25) is 9.59 Å². The highest BCUT2D eigenvalue weighted by Gasteiger charge is 2.29. The van der Waals surface area contributed by atoms with Crippen molar-refractivity contribution in [1.82, 2.24) is 35.6 Å². The van der Waals surface area contributed by atoms with Crippen molar-refractivity contribution in [3.63, 3.8) is 0 Å². The SMILES string of the molecule is N[C@@H](Cc1cnc[nH]1)C(=O)N[C@@H](Cc1cnc[nH]1)C(=O)N[C@@H](Cc1c[nH]c2ccccc12)C(=O)O. The van der Waals surface area contributed by atoms with Gasteiger partial charge in [0.25, 0.3) is 0 Å². The van der Waals surface area contributed by atoms with E-state index in [2.05, 4.69) is 35.6 Å². The highest BCUT2D eigenvalue weighted by atomic mass is 16.4. The van der Waals surface area contributed by atoms with Crippen molar-refractivity contribution in [3.05, 3.63) is 72.5 Å². The summed E-state index contributed by atoms with van der Waals surface area (Å²) in [6.07, 6.45) is 8.08. The molecule has 3 aromatic heterocycles. The van der Waals surface area contributed by atoms with Crippen molar-refractivity contribution in [2.24, 2.45) is 5.73 Å². The van der Waals surface area contributed by atoms with Gasteiger partial charge in [0, 0.05) is 60.1 Å². The number of H-pyrrole nitrogens is 3. The van der Waals surface area contributed by atoms with Gasteiger partial charge in [-0.25, -0.2) is 14.8 Å². The van der Waals surface area contributed by atoms with E-state index in [4.69, 9.17) is 5.73 Å². The summed E-state index contributed by atoms with van der Waals surface area (Å²) < 4.78 is 0. The number of nitrogens with one attached hydrogen (secondary N) is 5. The molecule has 0 bridgehead atoms. The highest BCUT2D eigenvalue weighted by molar-refractivity contribution is 5.92. The number of carbonyl (C=O) groups is 3. The summed E-state index contributed by atoms with van der Waals surface area (Å²) >= 11 is 0. The van der Waals surface area contributed by atoms with Crippen molar-refractivity contribution in [1.29, 1.82) is 0 Å². The summed E-state index contributed by atoms with van der Waals surface area (Å²) in [5, 5.41) is 15.9. The van der Waals surface area contributed by atoms with E-state index in [1.54, 1.807) is 12.4 Å². The molecule has 35 heavy (non-hydrogen) atoms. The van der Waals surface area contributed by atoms with Crippen LogP contribution in [-0.2, 0) is 33.6 Å². The third-order valence-electron chi connectivity index (χ3n) is 5.66. The first-order chi connectivity index (χ1) is 16.9. The second-order valence-corrected chi connectivity index (χ2v) is 8.19. The Bertz CT molecular complexity index is 1280. The fourth-order valence-electron chi connectivity index (χ4n) is 3.82. The van der Waals surface area contributed by atoms with Crippen LogP contribution in [-0.4, -0.2) is 65.9 Å². The maximum absolute atomic E-state index is 13.2. The van der Waals surface area contributed by atoms with Crippen molar-refractivity contribution in [3.8, 4) is 0 Å². The molecule has 0 aliphatic carbocycles. The topological polar surface area (TPSA) is 195 Å². The molecular formula is C23H26N8O4. The minimum Gasteiger partial charge on any atom is -0.480 e. The smallest absolute Gasteiger partial charge is 0.326 e. The molecule has 0 unspecified atom stereocenters. The number of hydrogen-bond acceptors (Lipinski definition) is 6. The van der Waals surface area contributed by atoms with Gasteiger partial charge < -0.3 is 36.4 Å². The van der Waals surface area contributed by atoms with Crippen LogP contribution < -0.4 is 16.4 Å². The molecule has 0 radical (unpaired) electrons. The Morgan fingerprint density at radius 1 is 0.886 bits per heavy atom. The average molecular weight is 479 g/mol. The molecule has 0 saturated carbocycles. The molecule has 3 atom stereocenters. The summed E-state index contributed by atoms with van der Waals surface area (Å²) in [6.45, 7) is 0. The maximum atomic E-state index is 13.2. The van der Waals surface area contributed by atoms with Gasteiger partial charge in [0.15, 0.2) is 0 Å².